The Labute approximate surface area is 162 Å². The number of piperazine rings is 1. The van der Waals surface area contributed by atoms with Crippen LogP contribution in [0.4, 0.5) is 4.79 Å². The number of rotatable bonds is 3. The number of benzene rings is 2. The van der Waals surface area contributed by atoms with Gasteiger partial charge < -0.3 is 24.2 Å². The monoisotopic (exact) mass is 379 g/mol. The van der Waals surface area contributed by atoms with Crippen LogP contribution in [0.1, 0.15) is 10.4 Å². The normalized spacial score (nSPS) is 14.3. The molecule has 0 saturated carbocycles. The van der Waals surface area contributed by atoms with Gasteiger partial charge in [0.1, 0.15) is 5.75 Å². The maximum absolute atomic E-state index is 13.2. The van der Waals surface area contributed by atoms with E-state index >= 15 is 0 Å². The van der Waals surface area contributed by atoms with Gasteiger partial charge in [-0.2, -0.15) is 0 Å². The van der Waals surface area contributed by atoms with Gasteiger partial charge in [-0.05, 0) is 30.3 Å². The first-order valence-electron chi connectivity index (χ1n) is 9.10. The number of aromatic nitrogens is 1. The van der Waals surface area contributed by atoms with Crippen molar-refractivity contribution in [2.45, 2.75) is 0 Å². The zero-order valence-electron chi connectivity index (χ0n) is 15.5. The molecule has 1 aliphatic rings. The van der Waals surface area contributed by atoms with E-state index in [9.17, 15) is 9.59 Å². The molecule has 1 fully saturated rings. The lowest BCUT2D eigenvalue weighted by Crippen LogP contribution is -2.50. The minimum Gasteiger partial charge on any atom is -0.497 e. The Hall–Kier alpha value is -3.48. The van der Waals surface area contributed by atoms with Crippen molar-refractivity contribution in [3.8, 4) is 11.4 Å². The lowest BCUT2D eigenvalue weighted by atomic mass is 10.1. The number of methoxy groups -OCH3 is 1. The average molecular weight is 379 g/mol. The van der Waals surface area contributed by atoms with Crippen LogP contribution in [0.5, 0.6) is 5.75 Å². The predicted molar refractivity (Wildman–Crippen MR) is 105 cm³/mol. The Balaban J connectivity index is 1.68. The molecule has 0 atom stereocenters. The van der Waals surface area contributed by atoms with E-state index < -0.39 is 6.09 Å². The van der Waals surface area contributed by atoms with Crippen LogP contribution >= 0.6 is 0 Å². The second kappa shape index (κ2) is 7.26. The van der Waals surface area contributed by atoms with Crippen molar-refractivity contribution in [1.29, 1.82) is 0 Å². The number of fused-ring (bicyclic) bond motifs is 1. The van der Waals surface area contributed by atoms with Crippen molar-refractivity contribution in [3.63, 3.8) is 0 Å². The fourth-order valence-electron chi connectivity index (χ4n) is 3.58. The topological polar surface area (TPSA) is 75.0 Å². The first-order valence-corrected chi connectivity index (χ1v) is 9.10. The summed E-state index contributed by atoms with van der Waals surface area (Å²) in [6.45, 7) is 1.46. The molecular weight excluding hydrogens is 358 g/mol. The van der Waals surface area contributed by atoms with Crippen molar-refractivity contribution in [2.75, 3.05) is 33.3 Å². The van der Waals surface area contributed by atoms with Crippen molar-refractivity contribution in [3.05, 3.63) is 60.3 Å². The molecule has 2 heterocycles. The summed E-state index contributed by atoms with van der Waals surface area (Å²) in [7, 11) is 1.63. The van der Waals surface area contributed by atoms with Gasteiger partial charge in [0.25, 0.3) is 5.91 Å². The Morgan fingerprint density at radius 2 is 1.57 bits per heavy atom. The van der Waals surface area contributed by atoms with Gasteiger partial charge in [-0.3, -0.25) is 4.79 Å². The lowest BCUT2D eigenvalue weighted by Gasteiger charge is -2.33. The van der Waals surface area contributed by atoms with Crippen LogP contribution in [0.25, 0.3) is 16.6 Å². The fourth-order valence-corrected chi connectivity index (χ4v) is 3.58. The van der Waals surface area contributed by atoms with Crippen molar-refractivity contribution in [2.24, 2.45) is 0 Å². The van der Waals surface area contributed by atoms with Crippen molar-refractivity contribution in [1.82, 2.24) is 14.4 Å². The summed E-state index contributed by atoms with van der Waals surface area (Å²) in [5.74, 6) is 0.696. The molecule has 144 valence electrons. The van der Waals surface area contributed by atoms with E-state index in [1.165, 1.54) is 4.90 Å². The molecule has 7 heteroatoms. The van der Waals surface area contributed by atoms with Gasteiger partial charge in [-0.25, -0.2) is 4.79 Å². The largest absolute Gasteiger partial charge is 0.497 e. The smallest absolute Gasteiger partial charge is 0.407 e. The summed E-state index contributed by atoms with van der Waals surface area (Å²) in [5, 5.41) is 9.98. The van der Waals surface area contributed by atoms with Crippen LogP contribution in [-0.2, 0) is 0 Å². The fraction of sp³-hybridized carbons (Fsp3) is 0.238. The number of nitrogens with zero attached hydrogens (tertiary/aromatic N) is 3. The zero-order chi connectivity index (χ0) is 19.7. The van der Waals surface area contributed by atoms with E-state index in [2.05, 4.69) is 0 Å². The molecule has 0 bridgehead atoms. The van der Waals surface area contributed by atoms with E-state index in [1.54, 1.807) is 12.0 Å². The van der Waals surface area contributed by atoms with Gasteiger partial charge in [-0.1, -0.05) is 18.2 Å². The standard InChI is InChI=1S/C21H21N3O4/c1-28-16-8-6-15(7-9-16)24-14-18(17-4-2-3-5-19(17)24)20(25)22-10-12-23(13-11-22)21(26)27/h2-9,14H,10-13H2,1H3,(H,26,27). The van der Waals surface area contributed by atoms with E-state index in [0.29, 0.717) is 31.7 Å². The van der Waals surface area contributed by atoms with Gasteiger partial charge >= 0.3 is 6.09 Å². The minimum atomic E-state index is -0.941. The molecule has 0 aliphatic carbocycles. The molecule has 0 unspecified atom stereocenters. The summed E-state index contributed by atoms with van der Waals surface area (Å²) in [5.41, 5.74) is 2.50. The third-order valence-corrected chi connectivity index (χ3v) is 5.13. The molecule has 1 N–H and O–H groups in total. The number of hydrogen-bond donors (Lipinski definition) is 1. The van der Waals surface area contributed by atoms with E-state index in [1.807, 2.05) is 59.3 Å². The molecule has 28 heavy (non-hydrogen) atoms. The first-order chi connectivity index (χ1) is 13.6. The Bertz CT molecular complexity index is 1020. The molecule has 0 spiro atoms. The second-order valence-electron chi connectivity index (χ2n) is 6.69. The van der Waals surface area contributed by atoms with E-state index in [4.69, 9.17) is 9.84 Å². The highest BCUT2D eigenvalue weighted by molar-refractivity contribution is 6.07. The summed E-state index contributed by atoms with van der Waals surface area (Å²) in [4.78, 5) is 27.3. The maximum Gasteiger partial charge on any atom is 0.407 e. The Kier molecular flexibility index (Phi) is 4.65. The number of para-hydroxylation sites is 1. The Morgan fingerprint density at radius 1 is 0.929 bits per heavy atom. The van der Waals surface area contributed by atoms with Gasteiger partial charge in [0, 0.05) is 43.4 Å². The third-order valence-electron chi connectivity index (χ3n) is 5.13. The highest BCUT2D eigenvalue weighted by atomic mass is 16.5. The van der Waals surface area contributed by atoms with Crippen LogP contribution in [-0.4, -0.2) is 64.8 Å². The van der Waals surface area contributed by atoms with Crippen molar-refractivity contribution >= 4 is 22.9 Å². The lowest BCUT2D eigenvalue weighted by molar-refractivity contribution is 0.0626. The maximum atomic E-state index is 13.2. The molecule has 4 rings (SSSR count). The van der Waals surface area contributed by atoms with Crippen LogP contribution < -0.4 is 4.74 Å². The summed E-state index contributed by atoms with van der Waals surface area (Å²) < 4.78 is 7.22. The van der Waals surface area contributed by atoms with E-state index in [0.717, 1.165) is 22.3 Å². The minimum absolute atomic E-state index is 0.0755. The van der Waals surface area contributed by atoms with Crippen LogP contribution in [0, 0.1) is 0 Å². The number of amides is 2. The van der Waals surface area contributed by atoms with Gasteiger partial charge in [0.15, 0.2) is 0 Å². The molecule has 1 aliphatic heterocycles. The average Bonchev–Trinajstić information content (AvgIpc) is 3.13. The summed E-state index contributed by atoms with van der Waals surface area (Å²) >= 11 is 0. The summed E-state index contributed by atoms with van der Waals surface area (Å²) in [6.07, 6.45) is 0.918. The number of carbonyl (C=O) groups is 2. The SMILES string of the molecule is COc1ccc(-n2cc(C(=O)N3CCN(C(=O)O)CC3)c3ccccc32)cc1. The third kappa shape index (κ3) is 3.15. The van der Waals surface area contributed by atoms with Gasteiger partial charge in [-0.15, -0.1) is 0 Å². The summed E-state index contributed by atoms with van der Waals surface area (Å²) in [6, 6.07) is 15.5. The molecule has 3 aromatic rings. The predicted octanol–water partition coefficient (Wildman–Crippen LogP) is 3.07. The Morgan fingerprint density at radius 3 is 2.21 bits per heavy atom. The second-order valence-corrected chi connectivity index (χ2v) is 6.69. The molecule has 1 saturated heterocycles. The highest BCUT2D eigenvalue weighted by Crippen LogP contribution is 2.27. The van der Waals surface area contributed by atoms with Gasteiger partial charge in [0.05, 0.1) is 18.2 Å². The quantitative estimate of drug-likeness (QED) is 0.759. The molecule has 2 aromatic carbocycles. The number of ether oxygens (including phenoxy) is 1. The molecule has 2 amide bonds. The number of carboxylic acid groups (broad SMARTS) is 1. The highest BCUT2D eigenvalue weighted by Gasteiger charge is 2.26. The molecule has 1 aromatic heterocycles. The molecule has 0 radical (unpaired) electrons. The zero-order valence-corrected chi connectivity index (χ0v) is 15.5. The first kappa shape index (κ1) is 17.9. The number of hydrogen-bond acceptors (Lipinski definition) is 3. The molecule has 7 nitrogen and oxygen atoms in total. The van der Waals surface area contributed by atoms with E-state index in [-0.39, 0.29) is 5.91 Å². The van der Waals surface area contributed by atoms with Crippen LogP contribution in [0.2, 0.25) is 0 Å². The van der Waals surface area contributed by atoms with Crippen LogP contribution in [0.3, 0.4) is 0 Å². The molecular formula is C21H21N3O4. The van der Waals surface area contributed by atoms with Crippen LogP contribution in [0.15, 0.2) is 54.7 Å². The van der Waals surface area contributed by atoms with Crippen molar-refractivity contribution < 1.29 is 19.4 Å². The van der Waals surface area contributed by atoms with Gasteiger partial charge in [0.2, 0.25) is 0 Å². The number of carbonyl (C=O) groups excluding carboxylic acids is 1.